The van der Waals surface area contributed by atoms with Crippen molar-refractivity contribution in [3.8, 4) is 0 Å². The topological polar surface area (TPSA) is 161 Å². The zero-order valence-corrected chi connectivity index (χ0v) is 18.2. The average molecular weight is 453 g/mol. The van der Waals surface area contributed by atoms with Crippen molar-refractivity contribution in [2.24, 2.45) is 0 Å². The number of nitro benzene ring substituents is 1. The molecule has 0 spiro atoms. The number of aliphatic hydroxyl groups is 2. The van der Waals surface area contributed by atoms with Crippen LogP contribution in [-0.2, 0) is 9.53 Å². The van der Waals surface area contributed by atoms with Crippen molar-refractivity contribution in [1.29, 1.82) is 0 Å². The molecule has 0 aliphatic heterocycles. The van der Waals surface area contributed by atoms with Crippen molar-refractivity contribution in [1.82, 2.24) is 10.3 Å². The SMILES string of the molecule is O=C(CCCCCCCCCCCNc1ccc([N+](=O)[O-])c2nonc12)OC[C@H](O)CO. The zero-order chi connectivity index (χ0) is 23.2. The molecule has 11 heteroatoms. The standard InChI is InChI=1S/C21H32N4O7/c26-14-16(27)15-31-19(28)10-8-6-4-2-1-3-5-7-9-13-22-17-11-12-18(25(29)30)21-20(17)23-32-24-21/h11-12,16,22,26-27H,1-10,13-15H2/t16-/m1/s1. The maximum Gasteiger partial charge on any atom is 0.305 e. The Morgan fingerprint density at radius 2 is 1.69 bits per heavy atom. The number of rotatable bonds is 17. The number of unbranched alkanes of at least 4 members (excludes halogenated alkanes) is 8. The lowest BCUT2D eigenvalue weighted by molar-refractivity contribution is -0.383. The first-order chi connectivity index (χ1) is 15.5. The third-order valence-electron chi connectivity index (χ3n) is 5.11. The highest BCUT2D eigenvalue weighted by atomic mass is 16.6. The average Bonchev–Trinajstić information content (AvgIpc) is 3.28. The van der Waals surface area contributed by atoms with Gasteiger partial charge in [-0.3, -0.25) is 14.9 Å². The third kappa shape index (κ3) is 8.75. The van der Waals surface area contributed by atoms with Crippen LogP contribution in [0, 0.1) is 10.1 Å². The van der Waals surface area contributed by atoms with E-state index in [4.69, 9.17) is 14.9 Å². The fourth-order valence-corrected chi connectivity index (χ4v) is 3.31. The Bertz CT molecular complexity index is 843. The summed E-state index contributed by atoms with van der Waals surface area (Å²) >= 11 is 0. The lowest BCUT2D eigenvalue weighted by Crippen LogP contribution is -2.21. The number of ether oxygens (including phenoxy) is 1. The van der Waals surface area contributed by atoms with Crippen LogP contribution in [0.2, 0.25) is 0 Å². The van der Waals surface area contributed by atoms with E-state index in [1.54, 1.807) is 6.07 Å². The minimum Gasteiger partial charge on any atom is -0.463 e. The number of benzene rings is 1. The van der Waals surface area contributed by atoms with E-state index in [1.807, 2.05) is 0 Å². The van der Waals surface area contributed by atoms with E-state index in [-0.39, 0.29) is 23.8 Å². The van der Waals surface area contributed by atoms with Crippen molar-refractivity contribution in [3.63, 3.8) is 0 Å². The highest BCUT2D eigenvalue weighted by Gasteiger charge is 2.19. The number of nitrogens with one attached hydrogen (secondary N) is 1. The largest absolute Gasteiger partial charge is 0.463 e. The molecular formula is C21H32N4O7. The van der Waals surface area contributed by atoms with Crippen molar-refractivity contribution >= 4 is 28.4 Å². The van der Waals surface area contributed by atoms with Crippen molar-refractivity contribution in [3.05, 3.63) is 22.2 Å². The van der Waals surface area contributed by atoms with Gasteiger partial charge in [0, 0.05) is 19.0 Å². The molecule has 2 rings (SSSR count). The van der Waals surface area contributed by atoms with E-state index >= 15 is 0 Å². The second kappa shape index (κ2) is 14.3. The van der Waals surface area contributed by atoms with Crippen LogP contribution in [0.4, 0.5) is 11.4 Å². The summed E-state index contributed by atoms with van der Waals surface area (Å²) in [5.41, 5.74) is 1.08. The molecule has 11 nitrogen and oxygen atoms in total. The van der Waals surface area contributed by atoms with Gasteiger partial charge >= 0.3 is 11.7 Å². The van der Waals surface area contributed by atoms with Crippen molar-refractivity contribution in [2.75, 3.05) is 25.1 Å². The molecule has 0 amide bonds. The molecule has 2 aromatic rings. The van der Waals surface area contributed by atoms with Crippen LogP contribution >= 0.6 is 0 Å². The molecule has 0 saturated heterocycles. The summed E-state index contributed by atoms with van der Waals surface area (Å²) < 4.78 is 9.51. The Morgan fingerprint density at radius 3 is 2.34 bits per heavy atom. The van der Waals surface area contributed by atoms with E-state index in [0.29, 0.717) is 17.6 Å². The van der Waals surface area contributed by atoms with Gasteiger partial charge in [-0.15, -0.1) is 0 Å². The Labute approximate surface area is 186 Å². The number of anilines is 1. The zero-order valence-electron chi connectivity index (χ0n) is 18.2. The number of aromatic nitrogens is 2. The quantitative estimate of drug-likeness (QED) is 0.140. The van der Waals surface area contributed by atoms with Crippen LogP contribution in [0.25, 0.3) is 11.0 Å². The second-order valence-electron chi connectivity index (χ2n) is 7.73. The van der Waals surface area contributed by atoms with Gasteiger partial charge in [0.15, 0.2) is 5.52 Å². The first-order valence-electron chi connectivity index (χ1n) is 11.1. The summed E-state index contributed by atoms with van der Waals surface area (Å²) in [5.74, 6) is -0.333. The molecule has 1 atom stereocenters. The molecular weight excluding hydrogens is 420 g/mol. The molecule has 0 bridgehead atoms. The lowest BCUT2D eigenvalue weighted by Gasteiger charge is -2.08. The van der Waals surface area contributed by atoms with Gasteiger partial charge in [-0.05, 0) is 29.2 Å². The number of nitro groups is 1. The Morgan fingerprint density at radius 1 is 1.06 bits per heavy atom. The first kappa shape index (κ1) is 25.5. The van der Waals surface area contributed by atoms with Crippen LogP contribution in [0.1, 0.15) is 64.2 Å². The first-order valence-corrected chi connectivity index (χ1v) is 11.1. The predicted molar refractivity (Wildman–Crippen MR) is 117 cm³/mol. The summed E-state index contributed by atoms with van der Waals surface area (Å²) in [6.45, 7) is 0.180. The molecule has 0 aliphatic carbocycles. The van der Waals surface area contributed by atoms with Crippen molar-refractivity contribution in [2.45, 2.75) is 70.3 Å². The Balaban J connectivity index is 1.45. The van der Waals surface area contributed by atoms with Gasteiger partial charge in [-0.1, -0.05) is 44.9 Å². The van der Waals surface area contributed by atoms with Gasteiger partial charge < -0.3 is 20.3 Å². The summed E-state index contributed by atoms with van der Waals surface area (Å²) in [4.78, 5) is 22.0. The van der Waals surface area contributed by atoms with Crippen LogP contribution in [0.5, 0.6) is 0 Å². The molecule has 0 saturated carbocycles. The van der Waals surface area contributed by atoms with Crippen molar-refractivity contribution < 1.29 is 29.3 Å². The van der Waals surface area contributed by atoms with E-state index in [1.165, 1.54) is 6.07 Å². The second-order valence-corrected chi connectivity index (χ2v) is 7.73. The molecule has 0 fully saturated rings. The number of nitrogens with zero attached hydrogens (tertiary/aromatic N) is 3. The van der Waals surface area contributed by atoms with Gasteiger partial charge in [0.2, 0.25) is 5.52 Å². The highest BCUT2D eigenvalue weighted by Crippen LogP contribution is 2.28. The molecule has 1 heterocycles. The summed E-state index contributed by atoms with van der Waals surface area (Å²) in [6.07, 6.45) is 8.84. The maximum absolute atomic E-state index is 11.4. The predicted octanol–water partition coefficient (Wildman–Crippen LogP) is 3.34. The minimum atomic E-state index is -1.00. The number of carbonyl (C=O) groups is 1. The molecule has 3 N–H and O–H groups in total. The summed E-state index contributed by atoms with van der Waals surface area (Å²) in [6, 6.07) is 3.03. The van der Waals surface area contributed by atoms with Gasteiger partial charge in [-0.25, -0.2) is 4.63 Å². The lowest BCUT2D eigenvalue weighted by atomic mass is 10.1. The van der Waals surface area contributed by atoms with Crippen LogP contribution in [0.3, 0.4) is 0 Å². The van der Waals surface area contributed by atoms with E-state index in [9.17, 15) is 14.9 Å². The third-order valence-corrected chi connectivity index (χ3v) is 5.11. The summed E-state index contributed by atoms with van der Waals surface area (Å²) in [5, 5.41) is 39.4. The number of carbonyl (C=O) groups excluding carboxylic acids is 1. The number of fused-ring (bicyclic) bond motifs is 1. The number of non-ortho nitro benzene ring substituents is 1. The fraction of sp³-hybridized carbons (Fsp3) is 0.667. The van der Waals surface area contributed by atoms with Gasteiger partial charge in [0.05, 0.1) is 17.2 Å². The molecule has 0 radical (unpaired) electrons. The molecule has 1 aromatic carbocycles. The van der Waals surface area contributed by atoms with Gasteiger partial charge in [-0.2, -0.15) is 0 Å². The number of hydrogen-bond acceptors (Lipinski definition) is 10. The maximum atomic E-state index is 11.4. The van der Waals surface area contributed by atoms with E-state index < -0.39 is 17.6 Å². The molecule has 1 aromatic heterocycles. The van der Waals surface area contributed by atoms with Crippen LogP contribution in [0.15, 0.2) is 16.8 Å². The van der Waals surface area contributed by atoms with E-state index in [2.05, 4.69) is 20.3 Å². The van der Waals surface area contributed by atoms with Crippen LogP contribution in [-0.4, -0.2) is 57.3 Å². The number of hydrogen-bond donors (Lipinski definition) is 3. The monoisotopic (exact) mass is 452 g/mol. The van der Waals surface area contributed by atoms with Gasteiger partial charge in [0.25, 0.3) is 0 Å². The highest BCUT2D eigenvalue weighted by molar-refractivity contribution is 5.93. The van der Waals surface area contributed by atoms with Crippen LogP contribution < -0.4 is 5.32 Å². The normalized spacial score (nSPS) is 12.1. The van der Waals surface area contributed by atoms with Gasteiger partial charge in [0.1, 0.15) is 12.7 Å². The minimum absolute atomic E-state index is 0.121. The van der Waals surface area contributed by atoms with E-state index in [0.717, 1.165) is 64.3 Å². The number of esters is 1. The Kier molecular flexibility index (Phi) is 11.4. The molecule has 178 valence electrons. The molecule has 0 aliphatic rings. The number of aliphatic hydroxyl groups excluding tert-OH is 2. The fourth-order valence-electron chi connectivity index (χ4n) is 3.31. The summed E-state index contributed by atoms with van der Waals surface area (Å²) in [7, 11) is 0. The smallest absolute Gasteiger partial charge is 0.305 e. The molecule has 32 heavy (non-hydrogen) atoms. The molecule has 0 unspecified atom stereocenters. The Hall–Kier alpha value is -2.79.